The van der Waals surface area contributed by atoms with E-state index in [2.05, 4.69) is 10.3 Å². The van der Waals surface area contributed by atoms with Crippen molar-refractivity contribution >= 4 is 12.0 Å². The van der Waals surface area contributed by atoms with Gasteiger partial charge in [0.05, 0.1) is 0 Å². The van der Waals surface area contributed by atoms with Crippen LogP contribution in [0.15, 0.2) is 18.5 Å². The van der Waals surface area contributed by atoms with E-state index in [1.54, 1.807) is 19.3 Å². The molecule has 21 heavy (non-hydrogen) atoms. The number of carboxylic acids is 1. The van der Waals surface area contributed by atoms with Crippen molar-refractivity contribution < 1.29 is 14.7 Å². The van der Waals surface area contributed by atoms with Crippen LogP contribution in [-0.2, 0) is 11.3 Å². The highest BCUT2D eigenvalue weighted by atomic mass is 16.4. The summed E-state index contributed by atoms with van der Waals surface area (Å²) in [4.78, 5) is 29.3. The summed E-state index contributed by atoms with van der Waals surface area (Å²) in [5.41, 5.74) is 0.858. The fraction of sp³-hybridized carbons (Fsp3) is 0.533. The zero-order valence-electron chi connectivity index (χ0n) is 12.4. The van der Waals surface area contributed by atoms with Gasteiger partial charge >= 0.3 is 12.0 Å². The number of carbonyl (C=O) groups is 2. The first-order chi connectivity index (χ1) is 9.95. The largest absolute Gasteiger partial charge is 0.480 e. The van der Waals surface area contributed by atoms with Crippen molar-refractivity contribution in [3.63, 3.8) is 0 Å². The van der Waals surface area contributed by atoms with E-state index in [0.29, 0.717) is 19.5 Å². The van der Waals surface area contributed by atoms with Crippen molar-refractivity contribution in [1.29, 1.82) is 0 Å². The minimum Gasteiger partial charge on any atom is -0.480 e. The zero-order chi connectivity index (χ0) is 15.5. The van der Waals surface area contributed by atoms with Crippen LogP contribution >= 0.6 is 0 Å². The molecule has 0 saturated carbocycles. The minimum absolute atomic E-state index is 0.331. The monoisotopic (exact) mass is 291 g/mol. The summed E-state index contributed by atoms with van der Waals surface area (Å²) < 4.78 is 0. The number of aliphatic carboxylic acids is 1. The fourth-order valence-electron chi connectivity index (χ4n) is 2.62. The van der Waals surface area contributed by atoms with Crippen LogP contribution in [0.5, 0.6) is 0 Å². The highest BCUT2D eigenvalue weighted by Gasteiger charge is 2.43. The molecule has 1 aliphatic heterocycles. The number of piperidine rings is 1. The van der Waals surface area contributed by atoms with E-state index in [0.717, 1.165) is 24.0 Å². The Bertz CT molecular complexity index is 547. The second kappa shape index (κ2) is 6.11. The Morgan fingerprint density at radius 1 is 1.48 bits per heavy atom. The second-order valence-electron chi connectivity index (χ2n) is 5.65. The summed E-state index contributed by atoms with van der Waals surface area (Å²) in [6.07, 6.45) is 5.56. The van der Waals surface area contributed by atoms with Crippen LogP contribution in [0, 0.1) is 6.92 Å². The van der Waals surface area contributed by atoms with Crippen LogP contribution in [0.25, 0.3) is 0 Å². The molecule has 2 heterocycles. The number of hydrogen-bond acceptors (Lipinski definition) is 3. The van der Waals surface area contributed by atoms with Crippen molar-refractivity contribution in [2.75, 3.05) is 6.54 Å². The molecule has 1 fully saturated rings. The molecule has 0 aromatic carbocycles. The number of nitrogens with one attached hydrogen (secondary N) is 1. The number of urea groups is 1. The normalized spacial score (nSPS) is 21.9. The van der Waals surface area contributed by atoms with Gasteiger partial charge in [0, 0.05) is 25.5 Å². The number of carbonyl (C=O) groups excluding carboxylic acids is 1. The van der Waals surface area contributed by atoms with Crippen molar-refractivity contribution in [3.05, 3.63) is 29.6 Å². The van der Waals surface area contributed by atoms with Gasteiger partial charge in [-0.3, -0.25) is 4.98 Å². The SMILES string of the molecule is Cc1ccncc1CNC(=O)N1CCCCC1(C)C(=O)O. The molecular formula is C15H21N3O3. The lowest BCUT2D eigenvalue weighted by Gasteiger charge is -2.41. The molecule has 2 rings (SSSR count). The van der Waals surface area contributed by atoms with Gasteiger partial charge in [-0.2, -0.15) is 0 Å². The number of hydrogen-bond donors (Lipinski definition) is 2. The molecule has 2 amide bonds. The van der Waals surface area contributed by atoms with Gasteiger partial charge in [-0.1, -0.05) is 0 Å². The lowest BCUT2D eigenvalue weighted by Crippen LogP contribution is -2.59. The number of aryl methyl sites for hydroxylation is 1. The summed E-state index contributed by atoms with van der Waals surface area (Å²) in [5, 5.41) is 12.2. The molecule has 1 saturated heterocycles. The smallest absolute Gasteiger partial charge is 0.329 e. The topological polar surface area (TPSA) is 82.5 Å². The fourth-order valence-corrected chi connectivity index (χ4v) is 2.62. The van der Waals surface area contributed by atoms with Gasteiger partial charge in [-0.15, -0.1) is 0 Å². The average Bonchev–Trinajstić information content (AvgIpc) is 2.46. The maximum absolute atomic E-state index is 12.3. The van der Waals surface area contributed by atoms with E-state index < -0.39 is 11.5 Å². The molecule has 2 N–H and O–H groups in total. The summed E-state index contributed by atoms with van der Waals surface area (Å²) in [7, 11) is 0. The molecule has 1 aromatic heterocycles. The van der Waals surface area contributed by atoms with E-state index in [4.69, 9.17) is 0 Å². The van der Waals surface area contributed by atoms with Crippen LogP contribution in [0.3, 0.4) is 0 Å². The first-order valence-electron chi connectivity index (χ1n) is 7.13. The third-order valence-corrected chi connectivity index (χ3v) is 4.17. The van der Waals surface area contributed by atoms with Gasteiger partial charge in [0.1, 0.15) is 5.54 Å². The van der Waals surface area contributed by atoms with Gasteiger partial charge in [-0.25, -0.2) is 9.59 Å². The Labute approximate surface area is 124 Å². The van der Waals surface area contributed by atoms with Crippen LogP contribution < -0.4 is 5.32 Å². The Kier molecular flexibility index (Phi) is 4.45. The van der Waals surface area contributed by atoms with Gasteiger partial charge in [0.25, 0.3) is 0 Å². The molecule has 0 radical (unpaired) electrons. The molecule has 1 aliphatic rings. The molecule has 1 unspecified atom stereocenters. The number of nitrogens with zero attached hydrogens (tertiary/aromatic N) is 2. The second-order valence-corrected chi connectivity index (χ2v) is 5.65. The predicted molar refractivity (Wildman–Crippen MR) is 77.8 cm³/mol. The van der Waals surface area contributed by atoms with E-state index in [9.17, 15) is 14.7 Å². The number of pyridine rings is 1. The standard InChI is InChI=1S/C15H21N3O3/c1-11-5-7-16-9-12(11)10-17-14(21)18-8-4-3-6-15(18,2)13(19)20/h5,7,9H,3-4,6,8,10H2,1-2H3,(H,17,21)(H,19,20). The minimum atomic E-state index is -1.12. The first kappa shape index (κ1) is 15.3. The van der Waals surface area contributed by atoms with Crippen LogP contribution in [-0.4, -0.2) is 39.1 Å². The zero-order valence-corrected chi connectivity index (χ0v) is 12.4. The third kappa shape index (κ3) is 3.15. The van der Waals surface area contributed by atoms with Gasteiger partial charge in [0.2, 0.25) is 0 Å². The number of carboxylic acid groups (broad SMARTS) is 1. The molecule has 6 nitrogen and oxygen atoms in total. The molecule has 114 valence electrons. The predicted octanol–water partition coefficient (Wildman–Crippen LogP) is 1.93. The Morgan fingerprint density at radius 2 is 2.24 bits per heavy atom. The molecule has 1 aromatic rings. The summed E-state index contributed by atoms with van der Waals surface area (Å²) in [6.45, 7) is 4.39. The third-order valence-electron chi connectivity index (χ3n) is 4.17. The highest BCUT2D eigenvalue weighted by Crippen LogP contribution is 2.28. The van der Waals surface area contributed by atoms with Crippen LogP contribution in [0.1, 0.15) is 37.3 Å². The lowest BCUT2D eigenvalue weighted by molar-refractivity contribution is -0.150. The molecular weight excluding hydrogens is 270 g/mol. The maximum Gasteiger partial charge on any atom is 0.329 e. The number of aromatic nitrogens is 1. The number of rotatable bonds is 3. The molecule has 1 atom stereocenters. The molecule has 6 heteroatoms. The quantitative estimate of drug-likeness (QED) is 0.891. The van der Waals surface area contributed by atoms with Gasteiger partial charge in [0.15, 0.2) is 0 Å². The van der Waals surface area contributed by atoms with Crippen LogP contribution in [0.2, 0.25) is 0 Å². The van der Waals surface area contributed by atoms with Crippen molar-refractivity contribution in [3.8, 4) is 0 Å². The Balaban J connectivity index is 2.05. The summed E-state index contributed by atoms with van der Waals surface area (Å²) >= 11 is 0. The van der Waals surface area contributed by atoms with E-state index in [-0.39, 0.29) is 6.03 Å². The number of amides is 2. The molecule has 0 aliphatic carbocycles. The van der Waals surface area contributed by atoms with E-state index in [1.807, 2.05) is 13.0 Å². The van der Waals surface area contributed by atoms with Gasteiger partial charge in [-0.05, 0) is 50.3 Å². The van der Waals surface area contributed by atoms with Crippen molar-refractivity contribution in [1.82, 2.24) is 15.2 Å². The Morgan fingerprint density at radius 3 is 2.90 bits per heavy atom. The summed E-state index contributed by atoms with van der Waals surface area (Å²) in [5.74, 6) is -0.949. The molecule has 0 bridgehead atoms. The maximum atomic E-state index is 12.3. The molecule has 0 spiro atoms. The van der Waals surface area contributed by atoms with Gasteiger partial charge < -0.3 is 15.3 Å². The van der Waals surface area contributed by atoms with E-state index in [1.165, 1.54) is 4.90 Å². The lowest BCUT2D eigenvalue weighted by atomic mass is 9.89. The summed E-state index contributed by atoms with van der Waals surface area (Å²) in [6, 6.07) is 1.55. The van der Waals surface area contributed by atoms with Crippen molar-refractivity contribution in [2.24, 2.45) is 0 Å². The average molecular weight is 291 g/mol. The number of likely N-dealkylation sites (tertiary alicyclic amines) is 1. The van der Waals surface area contributed by atoms with Crippen molar-refractivity contribution in [2.45, 2.75) is 45.2 Å². The first-order valence-corrected chi connectivity index (χ1v) is 7.13. The Hall–Kier alpha value is -2.11. The van der Waals surface area contributed by atoms with E-state index >= 15 is 0 Å². The van der Waals surface area contributed by atoms with Crippen LogP contribution in [0.4, 0.5) is 4.79 Å². The highest BCUT2D eigenvalue weighted by molar-refractivity contribution is 5.86.